The first-order valence-corrected chi connectivity index (χ1v) is 7.40. The van der Waals surface area contributed by atoms with Gasteiger partial charge in [0.25, 0.3) is 0 Å². The second kappa shape index (κ2) is 5.90. The second-order valence-electron chi connectivity index (χ2n) is 4.94. The molecule has 2 aliphatic heterocycles. The normalized spacial score (nSPS) is 31.5. The molecule has 0 amide bonds. The molecule has 7 heteroatoms. The van der Waals surface area contributed by atoms with Gasteiger partial charge < -0.3 is 17.3 Å². The van der Waals surface area contributed by atoms with Crippen LogP contribution in [0.5, 0.6) is 0 Å². The lowest BCUT2D eigenvalue weighted by Crippen LogP contribution is -2.42. The molecule has 0 bridgehead atoms. The predicted molar refractivity (Wildman–Crippen MR) is 79.2 cm³/mol. The van der Waals surface area contributed by atoms with E-state index in [0.29, 0.717) is 0 Å². The van der Waals surface area contributed by atoms with Gasteiger partial charge in [0.1, 0.15) is 29.1 Å². The first-order valence-electron chi connectivity index (χ1n) is 6.52. The lowest BCUT2D eigenvalue weighted by atomic mass is 10.0. The monoisotopic (exact) mass is 404 g/mol. The van der Waals surface area contributed by atoms with Gasteiger partial charge in [-0.05, 0) is 19.1 Å². The molecule has 0 saturated carbocycles. The van der Waals surface area contributed by atoms with Gasteiger partial charge in [-0.1, -0.05) is 12.1 Å². The van der Waals surface area contributed by atoms with Gasteiger partial charge in [-0.15, -0.1) is 0 Å². The molecular weight excluding hydrogens is 391 g/mol. The maximum absolute atomic E-state index is 12.3. The van der Waals surface area contributed by atoms with Crippen molar-refractivity contribution in [2.24, 2.45) is 0 Å². The minimum absolute atomic E-state index is 0.203. The Labute approximate surface area is 135 Å². The van der Waals surface area contributed by atoms with Crippen LogP contribution in [-0.2, 0) is 17.3 Å². The molecule has 0 N–H and O–H groups in total. The summed E-state index contributed by atoms with van der Waals surface area (Å²) in [5.41, 5.74) is 0.413. The third-order valence-electron chi connectivity index (χ3n) is 3.62. The van der Waals surface area contributed by atoms with Gasteiger partial charge in [0.2, 0.25) is 0 Å². The van der Waals surface area contributed by atoms with Gasteiger partial charge in [-0.2, -0.15) is 0 Å². The van der Waals surface area contributed by atoms with Gasteiger partial charge in [0.05, 0.1) is 23.8 Å². The van der Waals surface area contributed by atoms with Crippen molar-refractivity contribution in [2.45, 2.75) is 31.3 Å². The average molecular weight is 404 g/mol. The lowest BCUT2D eigenvalue weighted by Gasteiger charge is -2.26. The number of halogens is 1. The molecule has 1 aromatic rings. The van der Waals surface area contributed by atoms with Gasteiger partial charge in [-0.25, -0.2) is 9.59 Å². The summed E-state index contributed by atoms with van der Waals surface area (Å²) in [6.07, 6.45) is -2.12. The average Bonchev–Trinajstić information content (AvgIpc) is 2.74. The number of rotatable bonds is 2. The summed E-state index contributed by atoms with van der Waals surface area (Å²) < 4.78 is 21.7. The number of hydrogen-bond donors (Lipinski definition) is 0. The molecular formula is C14H13IO6. The minimum atomic E-state index is -0.667. The molecule has 0 unspecified atom stereocenters. The van der Waals surface area contributed by atoms with E-state index < -0.39 is 30.3 Å². The number of ether oxygens (including phenoxy) is 3. The highest BCUT2D eigenvalue weighted by atomic mass is 127. The standard InChI is InChI=1S/C14H13IO6/c1-7-11-12(10(19-7)6-18-15)21-14(17)9-5-3-2-4-8(9)13(16)20-11/h2-5,7,10-12H,6H2,1H3/t7-,10+,11-,12+/m0/s1. The number of esters is 2. The fraction of sp³-hybridized carbons (Fsp3) is 0.429. The number of fused-ring (bicyclic) bond motifs is 2. The van der Waals surface area contributed by atoms with Crippen molar-refractivity contribution in [3.8, 4) is 0 Å². The van der Waals surface area contributed by atoms with E-state index in [1.165, 1.54) is 0 Å². The van der Waals surface area contributed by atoms with E-state index in [0.717, 1.165) is 0 Å². The van der Waals surface area contributed by atoms with E-state index in [9.17, 15) is 9.59 Å². The van der Waals surface area contributed by atoms with E-state index in [4.69, 9.17) is 17.3 Å². The van der Waals surface area contributed by atoms with Crippen LogP contribution in [0.25, 0.3) is 0 Å². The molecule has 21 heavy (non-hydrogen) atoms. The molecule has 2 aliphatic rings. The number of carbonyl (C=O) groups is 2. The van der Waals surface area contributed by atoms with E-state index in [1.807, 2.05) is 0 Å². The predicted octanol–water partition coefficient (Wildman–Crippen LogP) is 1.90. The fourth-order valence-corrected chi connectivity index (χ4v) is 2.98. The van der Waals surface area contributed by atoms with Gasteiger partial charge in [-0.3, -0.25) is 0 Å². The maximum Gasteiger partial charge on any atom is 0.339 e. The Morgan fingerprint density at radius 1 is 1.10 bits per heavy atom. The van der Waals surface area contributed by atoms with Crippen molar-refractivity contribution in [1.82, 2.24) is 0 Å². The van der Waals surface area contributed by atoms with Crippen molar-refractivity contribution in [2.75, 3.05) is 6.61 Å². The Kier molecular flexibility index (Phi) is 4.14. The summed E-state index contributed by atoms with van der Waals surface area (Å²) in [5, 5.41) is 0. The molecule has 0 spiro atoms. The molecule has 0 aliphatic carbocycles. The summed E-state index contributed by atoms with van der Waals surface area (Å²) in [6, 6.07) is 6.44. The van der Waals surface area contributed by atoms with Crippen LogP contribution in [0.15, 0.2) is 24.3 Å². The molecule has 4 atom stereocenters. The largest absolute Gasteiger partial charge is 0.452 e. The van der Waals surface area contributed by atoms with Crippen molar-refractivity contribution in [1.29, 1.82) is 0 Å². The molecule has 0 aromatic heterocycles. The van der Waals surface area contributed by atoms with E-state index in [-0.39, 0.29) is 23.8 Å². The van der Waals surface area contributed by atoms with Crippen molar-refractivity contribution < 1.29 is 26.9 Å². The highest BCUT2D eigenvalue weighted by Crippen LogP contribution is 2.31. The second-order valence-corrected chi connectivity index (χ2v) is 5.56. The highest BCUT2D eigenvalue weighted by Gasteiger charge is 2.49. The zero-order chi connectivity index (χ0) is 15.0. The number of benzene rings is 1. The van der Waals surface area contributed by atoms with Crippen molar-refractivity contribution >= 4 is 34.9 Å². The van der Waals surface area contributed by atoms with Crippen LogP contribution in [0.3, 0.4) is 0 Å². The first kappa shape index (κ1) is 14.7. The highest BCUT2D eigenvalue weighted by molar-refractivity contribution is 14.1. The SMILES string of the molecule is C[C@@H]1O[C@H](COI)[C@H]2OC(=O)c3ccccc3C(=O)O[C@H]21. The molecule has 1 fully saturated rings. The van der Waals surface area contributed by atoms with Crippen LogP contribution >= 0.6 is 23.0 Å². The van der Waals surface area contributed by atoms with Crippen LogP contribution in [0.2, 0.25) is 0 Å². The summed E-state index contributed by atoms with van der Waals surface area (Å²) in [4.78, 5) is 24.5. The van der Waals surface area contributed by atoms with E-state index in [2.05, 4.69) is 0 Å². The number of carbonyl (C=O) groups excluding carboxylic acids is 2. The topological polar surface area (TPSA) is 71.1 Å². The van der Waals surface area contributed by atoms with Crippen LogP contribution in [0.4, 0.5) is 0 Å². The van der Waals surface area contributed by atoms with E-state index >= 15 is 0 Å². The van der Waals surface area contributed by atoms with Gasteiger partial charge in [0.15, 0.2) is 12.2 Å². The quantitative estimate of drug-likeness (QED) is 0.554. The fourth-order valence-electron chi connectivity index (χ4n) is 2.62. The van der Waals surface area contributed by atoms with Gasteiger partial charge in [0, 0.05) is 0 Å². The third-order valence-corrected chi connectivity index (χ3v) is 3.98. The summed E-state index contributed by atoms with van der Waals surface area (Å²) in [7, 11) is 0. The minimum Gasteiger partial charge on any atom is -0.452 e. The molecule has 6 nitrogen and oxygen atoms in total. The molecule has 112 valence electrons. The van der Waals surface area contributed by atoms with Crippen LogP contribution in [0.1, 0.15) is 27.6 Å². The Bertz CT molecular complexity index is 574. The van der Waals surface area contributed by atoms with E-state index in [1.54, 1.807) is 54.2 Å². The Hall–Kier alpha value is -1.19. The Morgan fingerprint density at radius 2 is 1.67 bits per heavy atom. The molecule has 2 heterocycles. The molecule has 3 rings (SSSR count). The zero-order valence-corrected chi connectivity index (χ0v) is 13.3. The summed E-state index contributed by atoms with van der Waals surface area (Å²) in [5.74, 6) is -1.09. The van der Waals surface area contributed by atoms with Crippen molar-refractivity contribution in [3.63, 3.8) is 0 Å². The Balaban J connectivity index is 1.97. The summed E-state index contributed by atoms with van der Waals surface area (Å²) >= 11 is 1.75. The first-order chi connectivity index (χ1) is 10.1. The maximum atomic E-state index is 12.3. The molecule has 0 radical (unpaired) electrons. The van der Waals surface area contributed by atoms with Crippen LogP contribution < -0.4 is 0 Å². The summed E-state index contributed by atoms with van der Waals surface area (Å²) in [6.45, 7) is 2.03. The lowest BCUT2D eigenvalue weighted by molar-refractivity contribution is -0.0372. The zero-order valence-electron chi connectivity index (χ0n) is 11.2. The van der Waals surface area contributed by atoms with Crippen LogP contribution in [0, 0.1) is 0 Å². The molecule has 1 aromatic carbocycles. The molecule has 1 saturated heterocycles. The van der Waals surface area contributed by atoms with Crippen LogP contribution in [-0.4, -0.2) is 43.0 Å². The van der Waals surface area contributed by atoms with Crippen molar-refractivity contribution in [3.05, 3.63) is 35.4 Å². The smallest absolute Gasteiger partial charge is 0.339 e. The number of hydrogen-bond acceptors (Lipinski definition) is 6. The van der Waals surface area contributed by atoms with Gasteiger partial charge >= 0.3 is 11.9 Å². The third kappa shape index (κ3) is 2.65. The Morgan fingerprint density at radius 3 is 2.24 bits per heavy atom.